The van der Waals surface area contributed by atoms with E-state index in [1.165, 1.54) is 0 Å². The Morgan fingerprint density at radius 3 is 2.61 bits per heavy atom. The fourth-order valence-corrected chi connectivity index (χ4v) is 3.67. The van der Waals surface area contributed by atoms with E-state index in [-0.39, 0.29) is 11.9 Å². The monoisotopic (exact) mass is 382 g/mol. The lowest BCUT2D eigenvalue weighted by Gasteiger charge is -2.22. The van der Waals surface area contributed by atoms with Crippen LogP contribution in [0.5, 0.6) is 5.75 Å². The fourth-order valence-electron chi connectivity index (χ4n) is 3.67. The van der Waals surface area contributed by atoms with Crippen molar-refractivity contribution in [3.8, 4) is 5.75 Å². The van der Waals surface area contributed by atoms with Crippen molar-refractivity contribution in [1.29, 1.82) is 0 Å². The Morgan fingerprint density at radius 1 is 1.14 bits per heavy atom. The van der Waals surface area contributed by atoms with Crippen LogP contribution < -0.4 is 4.74 Å². The van der Waals surface area contributed by atoms with Crippen LogP contribution in [0.25, 0.3) is 0 Å². The number of benzene rings is 2. The molecule has 4 nitrogen and oxygen atoms in total. The second-order valence-corrected chi connectivity index (χ2v) is 8.58. The maximum atomic E-state index is 12.2. The van der Waals surface area contributed by atoms with Gasteiger partial charge in [0.25, 0.3) is 0 Å². The van der Waals surface area contributed by atoms with Crippen LogP contribution in [0.3, 0.4) is 0 Å². The van der Waals surface area contributed by atoms with Crippen LogP contribution in [-0.2, 0) is 22.6 Å². The summed E-state index contributed by atoms with van der Waals surface area (Å²) in [6.45, 7) is 6.12. The van der Waals surface area contributed by atoms with E-state index in [0.717, 1.165) is 35.3 Å². The number of hydrogen-bond donors (Lipinski definition) is 1. The topological polar surface area (TPSA) is 55.8 Å². The standard InChI is InChI=1S/C24H30O4/c1-24(2,3)28-23(26)14-18-9-10-19-11-12-20(15-21(19)22(25)13-18)27-16-17-7-5-4-6-8-17/h4-8,11-12,15,18,22,25H,9-10,13-14,16H2,1-3H3. The molecule has 4 heteroatoms. The first-order valence-electron chi connectivity index (χ1n) is 9.99. The average molecular weight is 383 g/mol. The molecule has 1 N–H and O–H groups in total. The zero-order valence-electron chi connectivity index (χ0n) is 17.0. The van der Waals surface area contributed by atoms with Crippen molar-refractivity contribution in [3.63, 3.8) is 0 Å². The van der Waals surface area contributed by atoms with Gasteiger partial charge in [0.05, 0.1) is 6.10 Å². The molecule has 28 heavy (non-hydrogen) atoms. The average Bonchev–Trinajstić information content (AvgIpc) is 2.78. The van der Waals surface area contributed by atoms with Crippen molar-refractivity contribution in [1.82, 2.24) is 0 Å². The van der Waals surface area contributed by atoms with E-state index >= 15 is 0 Å². The van der Waals surface area contributed by atoms with Crippen LogP contribution in [0, 0.1) is 5.92 Å². The summed E-state index contributed by atoms with van der Waals surface area (Å²) in [5, 5.41) is 10.8. The van der Waals surface area contributed by atoms with Gasteiger partial charge in [-0.25, -0.2) is 0 Å². The van der Waals surface area contributed by atoms with Gasteiger partial charge in [-0.15, -0.1) is 0 Å². The van der Waals surface area contributed by atoms with Crippen molar-refractivity contribution in [2.75, 3.05) is 0 Å². The molecule has 0 saturated heterocycles. The third-order valence-electron chi connectivity index (χ3n) is 4.98. The number of hydrogen-bond acceptors (Lipinski definition) is 4. The maximum absolute atomic E-state index is 12.2. The van der Waals surface area contributed by atoms with Crippen molar-refractivity contribution >= 4 is 5.97 Å². The van der Waals surface area contributed by atoms with Crippen LogP contribution in [-0.4, -0.2) is 16.7 Å². The molecule has 2 unspecified atom stereocenters. The molecule has 0 saturated carbocycles. The highest BCUT2D eigenvalue weighted by atomic mass is 16.6. The minimum absolute atomic E-state index is 0.117. The number of esters is 1. The van der Waals surface area contributed by atoms with Gasteiger partial charge in [0.15, 0.2) is 0 Å². The van der Waals surface area contributed by atoms with Crippen molar-refractivity contribution in [3.05, 3.63) is 65.2 Å². The van der Waals surface area contributed by atoms with Crippen LogP contribution in [0.4, 0.5) is 0 Å². The molecule has 3 rings (SSSR count). The minimum atomic E-state index is -0.592. The molecular weight excluding hydrogens is 352 g/mol. The van der Waals surface area contributed by atoms with Crippen LogP contribution in [0.2, 0.25) is 0 Å². The molecule has 0 radical (unpaired) electrons. The molecule has 150 valence electrons. The summed E-state index contributed by atoms with van der Waals surface area (Å²) in [5.41, 5.74) is 2.67. The highest BCUT2D eigenvalue weighted by Gasteiger charge is 2.27. The molecule has 2 atom stereocenters. The molecule has 2 aromatic carbocycles. The maximum Gasteiger partial charge on any atom is 0.306 e. The lowest BCUT2D eigenvalue weighted by Crippen LogP contribution is -2.25. The number of aliphatic hydroxyl groups is 1. The van der Waals surface area contributed by atoms with Gasteiger partial charge in [-0.1, -0.05) is 36.4 Å². The number of rotatable bonds is 5. The van der Waals surface area contributed by atoms with Crippen molar-refractivity contribution < 1.29 is 19.4 Å². The summed E-state index contributed by atoms with van der Waals surface area (Å²) < 4.78 is 11.4. The van der Waals surface area contributed by atoms with E-state index in [4.69, 9.17) is 9.47 Å². The van der Waals surface area contributed by atoms with E-state index in [2.05, 4.69) is 0 Å². The van der Waals surface area contributed by atoms with Gasteiger partial charge < -0.3 is 14.6 Å². The summed E-state index contributed by atoms with van der Waals surface area (Å²) in [5.74, 6) is 0.681. The smallest absolute Gasteiger partial charge is 0.306 e. The largest absolute Gasteiger partial charge is 0.489 e. The van der Waals surface area contributed by atoms with Gasteiger partial charge >= 0.3 is 5.97 Å². The molecule has 0 aromatic heterocycles. The third kappa shape index (κ3) is 5.83. The Balaban J connectivity index is 1.63. The molecule has 0 heterocycles. The highest BCUT2D eigenvalue weighted by molar-refractivity contribution is 5.70. The predicted molar refractivity (Wildman–Crippen MR) is 109 cm³/mol. The van der Waals surface area contributed by atoms with Gasteiger partial charge in [0, 0.05) is 6.42 Å². The summed E-state index contributed by atoms with van der Waals surface area (Å²) in [4.78, 5) is 12.2. The second-order valence-electron chi connectivity index (χ2n) is 8.58. The number of fused-ring (bicyclic) bond motifs is 1. The lowest BCUT2D eigenvalue weighted by atomic mass is 9.94. The number of aryl methyl sites for hydroxylation is 1. The number of carbonyl (C=O) groups is 1. The summed E-state index contributed by atoms with van der Waals surface area (Å²) in [6, 6.07) is 16.0. The molecule has 0 spiro atoms. The molecule has 0 aliphatic heterocycles. The molecule has 1 aliphatic carbocycles. The first-order chi connectivity index (χ1) is 13.3. The van der Waals surface area contributed by atoms with Crippen LogP contribution in [0.1, 0.15) is 62.8 Å². The normalized spacial score (nSPS) is 19.4. The Bertz CT molecular complexity index is 792. The van der Waals surface area contributed by atoms with Gasteiger partial charge in [0.2, 0.25) is 0 Å². The van der Waals surface area contributed by atoms with E-state index in [1.54, 1.807) is 0 Å². The zero-order valence-corrected chi connectivity index (χ0v) is 17.0. The van der Waals surface area contributed by atoms with Gasteiger partial charge in [-0.3, -0.25) is 4.79 Å². The van der Waals surface area contributed by atoms with E-state index < -0.39 is 11.7 Å². The van der Waals surface area contributed by atoms with Crippen LogP contribution in [0.15, 0.2) is 48.5 Å². The predicted octanol–water partition coefficient (Wildman–Crippen LogP) is 4.98. The molecular formula is C24H30O4. The SMILES string of the molecule is CC(C)(C)OC(=O)CC1CCc2ccc(OCc3ccccc3)cc2C(O)C1. The summed E-state index contributed by atoms with van der Waals surface area (Å²) >= 11 is 0. The lowest BCUT2D eigenvalue weighted by molar-refractivity contribution is -0.156. The van der Waals surface area contributed by atoms with Gasteiger partial charge in [-0.2, -0.15) is 0 Å². The third-order valence-corrected chi connectivity index (χ3v) is 4.98. The Labute approximate surface area is 167 Å². The first kappa shape index (κ1) is 20.4. The quantitative estimate of drug-likeness (QED) is 0.585. The van der Waals surface area contributed by atoms with Gasteiger partial charge in [0.1, 0.15) is 18.0 Å². The molecule has 0 fully saturated rings. The molecule has 2 aromatic rings. The second kappa shape index (κ2) is 8.78. The molecule has 0 amide bonds. The van der Waals surface area contributed by atoms with Crippen molar-refractivity contribution in [2.24, 2.45) is 5.92 Å². The number of aliphatic hydroxyl groups excluding tert-OH is 1. The Kier molecular flexibility index (Phi) is 6.40. The molecule has 1 aliphatic rings. The minimum Gasteiger partial charge on any atom is -0.489 e. The number of ether oxygens (including phenoxy) is 2. The fraction of sp³-hybridized carbons (Fsp3) is 0.458. The molecule has 0 bridgehead atoms. The zero-order chi connectivity index (χ0) is 20.1. The summed E-state index contributed by atoms with van der Waals surface area (Å²) in [6.07, 6.45) is 2.03. The Hall–Kier alpha value is -2.33. The van der Waals surface area contributed by atoms with Gasteiger partial charge in [-0.05, 0) is 74.8 Å². The van der Waals surface area contributed by atoms with E-state index in [9.17, 15) is 9.90 Å². The Morgan fingerprint density at radius 2 is 1.89 bits per heavy atom. The first-order valence-corrected chi connectivity index (χ1v) is 9.99. The van der Waals surface area contributed by atoms with E-state index in [1.807, 2.05) is 69.3 Å². The number of carbonyl (C=O) groups excluding carboxylic acids is 1. The highest BCUT2D eigenvalue weighted by Crippen LogP contribution is 2.35. The van der Waals surface area contributed by atoms with E-state index in [0.29, 0.717) is 19.4 Å². The summed E-state index contributed by atoms with van der Waals surface area (Å²) in [7, 11) is 0. The van der Waals surface area contributed by atoms with Crippen molar-refractivity contribution in [2.45, 2.75) is 64.8 Å². The van der Waals surface area contributed by atoms with Crippen LogP contribution >= 0.6 is 0 Å².